The number of unbranched alkanes of at least 4 members (excludes halogenated alkanes) is 7. The second kappa shape index (κ2) is 14.9. The van der Waals surface area contributed by atoms with Crippen LogP contribution in [0.2, 0.25) is 0 Å². The van der Waals surface area contributed by atoms with Crippen molar-refractivity contribution in [3.05, 3.63) is 70.6 Å². The van der Waals surface area contributed by atoms with Gasteiger partial charge in [0.1, 0.15) is 11.3 Å². The molecule has 0 saturated heterocycles. The number of fused-ring (bicyclic) bond motifs is 2. The second-order valence-electron chi connectivity index (χ2n) is 10.9. The lowest BCUT2D eigenvalue weighted by Gasteiger charge is -2.20. The summed E-state index contributed by atoms with van der Waals surface area (Å²) in [5.41, 5.74) is 7.39. The van der Waals surface area contributed by atoms with Gasteiger partial charge in [-0.3, -0.25) is 4.99 Å². The van der Waals surface area contributed by atoms with Gasteiger partial charge in [-0.05, 0) is 69.0 Å². The monoisotopic (exact) mass is 554 g/mol. The second-order valence-corrected chi connectivity index (χ2v) is 10.9. The molecule has 1 aliphatic carbocycles. The molecule has 2 aromatic rings. The highest BCUT2D eigenvalue weighted by molar-refractivity contribution is 6.08. The fraction of sp³-hybridized carbons (Fsp3) is 0.444. The van der Waals surface area contributed by atoms with E-state index in [0.29, 0.717) is 18.7 Å². The van der Waals surface area contributed by atoms with Crippen molar-refractivity contribution in [1.29, 1.82) is 0 Å². The maximum absolute atomic E-state index is 13.5. The van der Waals surface area contributed by atoms with Gasteiger partial charge < -0.3 is 14.5 Å². The number of rotatable bonds is 14. The lowest BCUT2D eigenvalue weighted by Crippen LogP contribution is -2.11. The maximum atomic E-state index is 13.5. The molecule has 0 unspecified atom stereocenters. The van der Waals surface area contributed by atoms with Crippen LogP contribution in [0.15, 0.2) is 57.9 Å². The molecule has 0 atom stereocenters. The Bertz CT molecular complexity index is 1500. The highest BCUT2D eigenvalue weighted by Crippen LogP contribution is 2.43. The summed E-state index contributed by atoms with van der Waals surface area (Å²) < 4.78 is 12.3. The molecule has 0 bridgehead atoms. The standard InChI is InChI=1S/C36H46N2O3/c1-6-9-10-11-12-13-14-17-20-40-36(39)28-19-16-15-18-27(28)35-29-21-25(4)31(37-7-2)23-33(29)41-34-24-32(38-8-3)26(5)22-30(34)35/h15-16,18-19,21-24,37H,6-14,17,20H2,1-5H3/b38-32-. The molecule has 1 aliphatic heterocycles. The van der Waals surface area contributed by atoms with Crippen molar-refractivity contribution in [2.75, 3.05) is 25.0 Å². The number of ether oxygens (including phenoxy) is 1. The number of anilines is 1. The van der Waals surface area contributed by atoms with Gasteiger partial charge in [0.15, 0.2) is 0 Å². The first-order valence-electron chi connectivity index (χ1n) is 15.5. The van der Waals surface area contributed by atoms with Crippen LogP contribution in [0.25, 0.3) is 33.4 Å². The first-order valence-corrected chi connectivity index (χ1v) is 15.5. The van der Waals surface area contributed by atoms with Crippen molar-refractivity contribution < 1.29 is 13.9 Å². The van der Waals surface area contributed by atoms with E-state index in [2.05, 4.69) is 56.2 Å². The fourth-order valence-corrected chi connectivity index (χ4v) is 5.56. The quantitative estimate of drug-likeness (QED) is 0.0958. The van der Waals surface area contributed by atoms with Crippen molar-refractivity contribution in [2.24, 2.45) is 4.99 Å². The number of carbonyl (C=O) groups excluding carboxylic acids is 1. The number of carbonyl (C=O) groups is 1. The molecule has 1 heterocycles. The van der Waals surface area contributed by atoms with E-state index in [-0.39, 0.29) is 5.97 Å². The minimum atomic E-state index is -0.277. The van der Waals surface area contributed by atoms with Crippen LogP contribution < -0.4 is 10.7 Å². The fourth-order valence-electron chi connectivity index (χ4n) is 5.56. The molecular weight excluding hydrogens is 508 g/mol. The number of benzene rings is 3. The zero-order valence-corrected chi connectivity index (χ0v) is 25.6. The minimum absolute atomic E-state index is 0.277. The van der Waals surface area contributed by atoms with E-state index < -0.39 is 0 Å². The smallest absolute Gasteiger partial charge is 0.338 e. The topological polar surface area (TPSA) is 63.8 Å². The SMILES string of the molecule is CCCCCCCCCCOC(=O)c1ccccc1-c1c2cc(C)/c(=N\CC)cc-2oc2cc(NCC)c(C)cc12. The van der Waals surface area contributed by atoms with Gasteiger partial charge in [0.05, 0.1) is 17.5 Å². The summed E-state index contributed by atoms with van der Waals surface area (Å²) in [5, 5.41) is 5.34. The van der Waals surface area contributed by atoms with Crippen LogP contribution in [-0.4, -0.2) is 25.7 Å². The van der Waals surface area contributed by atoms with Crippen molar-refractivity contribution in [3.63, 3.8) is 0 Å². The van der Waals surface area contributed by atoms with Crippen LogP contribution in [0, 0.1) is 13.8 Å². The third kappa shape index (κ3) is 7.38. The molecule has 0 aromatic heterocycles. The number of nitrogens with one attached hydrogen (secondary N) is 1. The highest BCUT2D eigenvalue weighted by Gasteiger charge is 2.23. The molecule has 5 heteroatoms. The molecule has 4 rings (SSSR count). The van der Waals surface area contributed by atoms with Crippen molar-refractivity contribution in [1.82, 2.24) is 0 Å². The van der Waals surface area contributed by atoms with Gasteiger partial charge in [0, 0.05) is 47.4 Å². The Balaban J connectivity index is 1.71. The van der Waals surface area contributed by atoms with Crippen molar-refractivity contribution in [2.45, 2.75) is 86.0 Å². The van der Waals surface area contributed by atoms with Gasteiger partial charge in [-0.15, -0.1) is 0 Å². The molecule has 0 spiro atoms. The van der Waals surface area contributed by atoms with E-state index in [1.165, 1.54) is 38.5 Å². The normalized spacial score (nSPS) is 11.9. The molecule has 5 nitrogen and oxygen atoms in total. The Kier molecular flexibility index (Phi) is 11.0. The average Bonchev–Trinajstić information content (AvgIpc) is 2.96. The predicted octanol–water partition coefficient (Wildman–Crippen LogP) is 9.47. The van der Waals surface area contributed by atoms with Gasteiger partial charge in [-0.2, -0.15) is 0 Å². The number of nitrogens with zero attached hydrogens (tertiary/aromatic N) is 1. The molecule has 0 amide bonds. The Morgan fingerprint density at radius 3 is 2.32 bits per heavy atom. The molecule has 1 N–H and O–H groups in total. The van der Waals surface area contributed by atoms with E-state index >= 15 is 0 Å². The van der Waals surface area contributed by atoms with Crippen LogP contribution >= 0.6 is 0 Å². The lowest BCUT2D eigenvalue weighted by molar-refractivity contribution is 0.0498. The van der Waals surface area contributed by atoms with Gasteiger partial charge >= 0.3 is 5.97 Å². The summed E-state index contributed by atoms with van der Waals surface area (Å²) >= 11 is 0. The zero-order valence-electron chi connectivity index (χ0n) is 25.6. The maximum Gasteiger partial charge on any atom is 0.338 e. The van der Waals surface area contributed by atoms with E-state index in [9.17, 15) is 4.79 Å². The zero-order chi connectivity index (χ0) is 29.2. The van der Waals surface area contributed by atoms with Crippen molar-refractivity contribution in [3.8, 4) is 22.5 Å². The Hall–Kier alpha value is -3.60. The van der Waals surface area contributed by atoms with Gasteiger partial charge in [0.25, 0.3) is 0 Å². The first kappa shape index (κ1) is 30.4. The Morgan fingerprint density at radius 1 is 0.854 bits per heavy atom. The number of hydrogen-bond donors (Lipinski definition) is 1. The molecule has 0 saturated carbocycles. The summed E-state index contributed by atoms with van der Waals surface area (Å²) in [7, 11) is 0. The third-order valence-corrected chi connectivity index (χ3v) is 7.73. The Labute approximate surface area is 245 Å². The van der Waals surface area contributed by atoms with E-state index in [4.69, 9.17) is 9.15 Å². The summed E-state index contributed by atoms with van der Waals surface area (Å²) in [5.74, 6) is 0.472. The summed E-state index contributed by atoms with van der Waals surface area (Å²) in [6.45, 7) is 12.5. The number of hydrogen-bond acceptors (Lipinski definition) is 5. The van der Waals surface area contributed by atoms with E-state index in [1.807, 2.05) is 37.3 Å². The van der Waals surface area contributed by atoms with Crippen LogP contribution in [-0.2, 0) is 4.74 Å². The van der Waals surface area contributed by atoms with Gasteiger partial charge in [0.2, 0.25) is 0 Å². The molecular formula is C36H46N2O3. The lowest BCUT2D eigenvalue weighted by atomic mass is 9.89. The van der Waals surface area contributed by atoms with Crippen LogP contribution in [0.5, 0.6) is 0 Å². The largest absolute Gasteiger partial charge is 0.462 e. The van der Waals surface area contributed by atoms with Crippen molar-refractivity contribution >= 4 is 22.6 Å². The highest BCUT2D eigenvalue weighted by atomic mass is 16.5. The Morgan fingerprint density at radius 2 is 1.59 bits per heavy atom. The minimum Gasteiger partial charge on any atom is -0.462 e. The van der Waals surface area contributed by atoms with E-state index in [1.54, 1.807) is 0 Å². The summed E-state index contributed by atoms with van der Waals surface area (Å²) in [6.07, 6.45) is 9.66. The molecule has 2 aromatic carbocycles. The molecule has 218 valence electrons. The number of esters is 1. The van der Waals surface area contributed by atoms with Gasteiger partial charge in [-0.1, -0.05) is 70.1 Å². The number of aryl methyl sites for hydroxylation is 2. The van der Waals surface area contributed by atoms with Crippen LogP contribution in [0.3, 0.4) is 0 Å². The van der Waals surface area contributed by atoms with Crippen LogP contribution in [0.4, 0.5) is 5.69 Å². The predicted molar refractivity (Wildman–Crippen MR) is 171 cm³/mol. The van der Waals surface area contributed by atoms with E-state index in [0.717, 1.165) is 75.0 Å². The summed E-state index contributed by atoms with van der Waals surface area (Å²) in [6, 6.07) is 16.2. The van der Waals surface area contributed by atoms with Gasteiger partial charge in [-0.25, -0.2) is 4.79 Å². The first-order chi connectivity index (χ1) is 20.0. The summed E-state index contributed by atoms with van der Waals surface area (Å²) in [4.78, 5) is 18.1. The third-order valence-electron chi connectivity index (χ3n) is 7.73. The molecule has 0 radical (unpaired) electrons. The molecule has 41 heavy (non-hydrogen) atoms. The molecule has 2 aliphatic rings. The molecule has 0 fully saturated rings. The average molecular weight is 555 g/mol. The van der Waals surface area contributed by atoms with Crippen LogP contribution in [0.1, 0.15) is 93.6 Å².